The van der Waals surface area contributed by atoms with Crippen molar-refractivity contribution < 1.29 is 23.1 Å². The van der Waals surface area contributed by atoms with Crippen LogP contribution in [0.1, 0.15) is 32.1 Å². The number of nitrogens with two attached hydrogens (primary N) is 1. The molecule has 7 nitrogen and oxygen atoms in total. The van der Waals surface area contributed by atoms with Gasteiger partial charge in [-0.05, 0) is 32.1 Å². The molecule has 0 heterocycles. The highest BCUT2D eigenvalue weighted by Crippen LogP contribution is 2.24. The van der Waals surface area contributed by atoms with Gasteiger partial charge in [-0.25, -0.2) is 8.42 Å². The molecule has 1 atom stereocenters. The predicted molar refractivity (Wildman–Crippen MR) is 73.8 cm³/mol. The van der Waals surface area contributed by atoms with Gasteiger partial charge in [0.15, 0.2) is 0 Å². The average Bonchev–Trinajstić information content (AvgIpc) is 2.35. The van der Waals surface area contributed by atoms with Gasteiger partial charge in [-0.2, -0.15) is 0 Å². The Bertz CT molecular complexity index is 454. The standard InChI is InChI=1S/C12H22N2O5S/c1-20(18,19)7-6-10(13)11(15)14-9-4-2-8(3-5-9)12(16)17/h8-10H,2-7,13H2,1H3,(H,14,15)(H,16,17). The lowest BCUT2D eigenvalue weighted by molar-refractivity contribution is -0.142. The van der Waals surface area contributed by atoms with E-state index in [0.29, 0.717) is 25.7 Å². The van der Waals surface area contributed by atoms with Crippen molar-refractivity contribution in [3.63, 3.8) is 0 Å². The molecule has 0 spiro atoms. The van der Waals surface area contributed by atoms with Gasteiger partial charge in [0.25, 0.3) is 0 Å². The number of carboxylic acids is 1. The summed E-state index contributed by atoms with van der Waals surface area (Å²) in [6, 6.07) is -0.913. The van der Waals surface area contributed by atoms with Crippen molar-refractivity contribution in [2.24, 2.45) is 11.7 Å². The Balaban J connectivity index is 2.34. The molecule has 1 saturated carbocycles. The molecule has 20 heavy (non-hydrogen) atoms. The highest BCUT2D eigenvalue weighted by molar-refractivity contribution is 7.90. The van der Waals surface area contributed by atoms with Gasteiger partial charge in [0.1, 0.15) is 9.84 Å². The third-order valence-electron chi connectivity index (χ3n) is 3.56. The molecule has 0 aliphatic heterocycles. The number of sulfone groups is 1. The Morgan fingerprint density at radius 2 is 1.85 bits per heavy atom. The summed E-state index contributed by atoms with van der Waals surface area (Å²) in [7, 11) is -3.13. The quantitative estimate of drug-likeness (QED) is 0.607. The number of nitrogens with one attached hydrogen (secondary N) is 1. The summed E-state index contributed by atoms with van der Waals surface area (Å²) in [4.78, 5) is 22.6. The van der Waals surface area contributed by atoms with Crippen molar-refractivity contribution in [3.05, 3.63) is 0 Å². The van der Waals surface area contributed by atoms with E-state index in [0.717, 1.165) is 6.26 Å². The molecule has 4 N–H and O–H groups in total. The Kier molecular flexibility index (Phi) is 5.94. The molecule has 8 heteroatoms. The largest absolute Gasteiger partial charge is 0.481 e. The number of carboxylic acid groups (broad SMARTS) is 1. The molecule has 0 saturated heterocycles. The van der Waals surface area contributed by atoms with Crippen LogP contribution in [0.25, 0.3) is 0 Å². The fourth-order valence-corrected chi connectivity index (χ4v) is 2.95. The van der Waals surface area contributed by atoms with E-state index in [-0.39, 0.29) is 30.0 Å². The second-order valence-electron chi connectivity index (χ2n) is 5.42. The third-order valence-corrected chi connectivity index (χ3v) is 4.54. The van der Waals surface area contributed by atoms with E-state index in [9.17, 15) is 18.0 Å². The number of hydrogen-bond donors (Lipinski definition) is 3. The monoisotopic (exact) mass is 306 g/mol. The van der Waals surface area contributed by atoms with E-state index in [1.54, 1.807) is 0 Å². The molecule has 0 aromatic heterocycles. The van der Waals surface area contributed by atoms with E-state index in [2.05, 4.69) is 5.32 Å². The lowest BCUT2D eigenvalue weighted by Crippen LogP contribution is -2.47. The first-order valence-corrected chi connectivity index (χ1v) is 8.71. The van der Waals surface area contributed by atoms with Gasteiger partial charge in [-0.15, -0.1) is 0 Å². The van der Waals surface area contributed by atoms with Gasteiger partial charge in [-0.1, -0.05) is 0 Å². The Labute approximate surface area is 118 Å². The summed E-state index contributed by atoms with van der Waals surface area (Å²) in [5.41, 5.74) is 5.65. The van der Waals surface area contributed by atoms with Crippen molar-refractivity contribution in [2.45, 2.75) is 44.2 Å². The summed E-state index contributed by atoms with van der Waals surface area (Å²) in [5, 5.41) is 11.6. The van der Waals surface area contributed by atoms with Crippen LogP contribution in [0.5, 0.6) is 0 Å². The minimum absolute atomic E-state index is 0.0672. The molecular weight excluding hydrogens is 284 g/mol. The second-order valence-corrected chi connectivity index (χ2v) is 7.68. The molecule has 1 aliphatic rings. The maximum absolute atomic E-state index is 11.8. The summed E-state index contributed by atoms with van der Waals surface area (Å²) in [6.45, 7) is 0. The van der Waals surface area contributed by atoms with Crippen LogP contribution in [0.3, 0.4) is 0 Å². The van der Waals surface area contributed by atoms with Gasteiger partial charge in [0, 0.05) is 12.3 Å². The number of amides is 1. The SMILES string of the molecule is CS(=O)(=O)CCC(N)C(=O)NC1CCC(C(=O)O)CC1. The van der Waals surface area contributed by atoms with Crippen LogP contribution in [0.15, 0.2) is 0 Å². The van der Waals surface area contributed by atoms with Crippen LogP contribution in [0.2, 0.25) is 0 Å². The minimum Gasteiger partial charge on any atom is -0.481 e. The number of hydrogen-bond acceptors (Lipinski definition) is 5. The third kappa shape index (κ3) is 5.87. The van der Waals surface area contributed by atoms with Gasteiger partial charge >= 0.3 is 5.97 Å². The van der Waals surface area contributed by atoms with Gasteiger partial charge in [0.2, 0.25) is 5.91 Å². The first-order chi connectivity index (χ1) is 9.19. The van der Waals surface area contributed by atoms with Crippen LogP contribution in [0.4, 0.5) is 0 Å². The maximum atomic E-state index is 11.8. The Morgan fingerprint density at radius 3 is 2.30 bits per heavy atom. The van der Waals surface area contributed by atoms with Crippen LogP contribution >= 0.6 is 0 Å². The minimum atomic E-state index is -3.13. The van der Waals surface area contributed by atoms with E-state index >= 15 is 0 Å². The van der Waals surface area contributed by atoms with E-state index in [4.69, 9.17) is 10.8 Å². The molecule has 0 aromatic carbocycles. The van der Waals surface area contributed by atoms with Crippen LogP contribution < -0.4 is 11.1 Å². The molecule has 116 valence electrons. The number of aliphatic carboxylic acids is 1. The van der Waals surface area contributed by atoms with Gasteiger partial charge in [-0.3, -0.25) is 9.59 Å². The van der Waals surface area contributed by atoms with Crippen LogP contribution in [-0.4, -0.2) is 49.5 Å². The molecule has 0 aromatic rings. The van der Waals surface area contributed by atoms with Gasteiger partial charge in [0.05, 0.1) is 17.7 Å². The van der Waals surface area contributed by atoms with Crippen LogP contribution in [0, 0.1) is 5.92 Å². The highest BCUT2D eigenvalue weighted by Gasteiger charge is 2.27. The molecule has 1 fully saturated rings. The van der Waals surface area contributed by atoms with Crippen molar-refractivity contribution >= 4 is 21.7 Å². The fraction of sp³-hybridized carbons (Fsp3) is 0.833. The van der Waals surface area contributed by atoms with Crippen molar-refractivity contribution in [1.29, 1.82) is 0 Å². The topological polar surface area (TPSA) is 127 Å². The smallest absolute Gasteiger partial charge is 0.306 e. The summed E-state index contributed by atoms with van der Waals surface area (Å²) < 4.78 is 22.0. The van der Waals surface area contributed by atoms with Crippen molar-refractivity contribution in [1.82, 2.24) is 5.32 Å². The normalized spacial score (nSPS) is 24.9. The zero-order chi connectivity index (χ0) is 15.3. The van der Waals surface area contributed by atoms with Crippen molar-refractivity contribution in [2.75, 3.05) is 12.0 Å². The lowest BCUT2D eigenvalue weighted by Gasteiger charge is -2.27. The summed E-state index contributed by atoms with van der Waals surface area (Å²) in [6.07, 6.45) is 3.50. The van der Waals surface area contributed by atoms with Crippen molar-refractivity contribution in [3.8, 4) is 0 Å². The van der Waals surface area contributed by atoms with E-state index < -0.39 is 21.8 Å². The van der Waals surface area contributed by atoms with Gasteiger partial charge < -0.3 is 16.2 Å². The van der Waals surface area contributed by atoms with Crippen LogP contribution in [-0.2, 0) is 19.4 Å². The molecule has 1 unspecified atom stereocenters. The summed E-state index contributed by atoms with van der Waals surface area (Å²) in [5.74, 6) is -1.61. The summed E-state index contributed by atoms with van der Waals surface area (Å²) >= 11 is 0. The molecule has 1 amide bonds. The predicted octanol–water partition coefficient (Wildman–Crippen LogP) is -0.492. The van der Waals surface area contributed by atoms with E-state index in [1.165, 1.54) is 0 Å². The number of carbonyl (C=O) groups is 2. The highest BCUT2D eigenvalue weighted by atomic mass is 32.2. The average molecular weight is 306 g/mol. The Hall–Kier alpha value is -1.15. The number of rotatable bonds is 6. The molecule has 1 aliphatic carbocycles. The maximum Gasteiger partial charge on any atom is 0.306 e. The molecule has 0 bridgehead atoms. The zero-order valence-electron chi connectivity index (χ0n) is 11.5. The first kappa shape index (κ1) is 16.9. The van der Waals surface area contributed by atoms with E-state index in [1.807, 2.05) is 0 Å². The number of carbonyl (C=O) groups excluding carboxylic acids is 1. The zero-order valence-corrected chi connectivity index (χ0v) is 12.4. The second kappa shape index (κ2) is 7.03. The lowest BCUT2D eigenvalue weighted by atomic mass is 9.86. The molecule has 0 radical (unpaired) electrons. The Morgan fingerprint density at radius 1 is 1.30 bits per heavy atom. The molecule has 1 rings (SSSR count). The fourth-order valence-electron chi connectivity index (χ4n) is 2.27. The first-order valence-electron chi connectivity index (χ1n) is 6.65. The molecular formula is C12H22N2O5S.